The van der Waals surface area contributed by atoms with Crippen molar-refractivity contribution in [2.24, 2.45) is 0 Å². The van der Waals surface area contributed by atoms with Crippen molar-refractivity contribution in [3.8, 4) is 5.75 Å². The first kappa shape index (κ1) is 21.0. The van der Waals surface area contributed by atoms with E-state index in [1.807, 2.05) is 41.3 Å². The molecule has 2 aliphatic heterocycles. The Kier molecular flexibility index (Phi) is 5.46. The van der Waals surface area contributed by atoms with Crippen molar-refractivity contribution >= 4 is 34.2 Å². The van der Waals surface area contributed by atoms with Gasteiger partial charge in [0.15, 0.2) is 0 Å². The van der Waals surface area contributed by atoms with Gasteiger partial charge in [0.1, 0.15) is 11.8 Å². The van der Waals surface area contributed by atoms with Crippen molar-refractivity contribution in [1.82, 2.24) is 10.2 Å². The zero-order chi connectivity index (χ0) is 22.9. The molecule has 0 aromatic heterocycles. The number of methoxy groups -OCH3 is 1. The van der Waals surface area contributed by atoms with E-state index >= 15 is 0 Å². The van der Waals surface area contributed by atoms with Crippen LogP contribution in [0, 0.1) is 0 Å². The molecule has 0 aliphatic carbocycles. The van der Waals surface area contributed by atoms with Crippen molar-refractivity contribution < 1.29 is 19.1 Å². The Bertz CT molecular complexity index is 1260. The molecule has 0 radical (unpaired) electrons. The number of carbonyl (C=O) groups is 3. The molecule has 3 aromatic carbocycles. The fourth-order valence-electron chi connectivity index (χ4n) is 4.90. The van der Waals surface area contributed by atoms with Crippen molar-refractivity contribution in [2.45, 2.75) is 31.3 Å². The number of rotatable bonds is 4. The van der Waals surface area contributed by atoms with E-state index in [1.165, 1.54) is 0 Å². The molecule has 33 heavy (non-hydrogen) atoms. The molecule has 1 saturated heterocycles. The number of hydrogen-bond acceptors (Lipinski definition) is 4. The van der Waals surface area contributed by atoms with E-state index in [-0.39, 0.29) is 30.2 Å². The summed E-state index contributed by atoms with van der Waals surface area (Å²) in [6.45, 7) is 0.617. The number of nitrogens with one attached hydrogen (secondary N) is 2. The molecule has 3 aromatic rings. The van der Waals surface area contributed by atoms with Crippen LogP contribution in [0.3, 0.4) is 0 Å². The molecule has 2 atom stereocenters. The van der Waals surface area contributed by atoms with E-state index in [9.17, 15) is 14.4 Å². The van der Waals surface area contributed by atoms with Crippen molar-refractivity contribution in [1.29, 1.82) is 0 Å². The van der Waals surface area contributed by atoms with Crippen molar-refractivity contribution in [2.75, 3.05) is 19.0 Å². The summed E-state index contributed by atoms with van der Waals surface area (Å²) in [5.41, 5.74) is 1.92. The van der Waals surface area contributed by atoms with Gasteiger partial charge in [-0.2, -0.15) is 0 Å². The second kappa shape index (κ2) is 8.58. The number of likely N-dealkylation sites (tertiary alicyclic amines) is 1. The van der Waals surface area contributed by atoms with Gasteiger partial charge >= 0.3 is 0 Å². The maximum atomic E-state index is 13.4. The molecule has 2 heterocycles. The van der Waals surface area contributed by atoms with Gasteiger partial charge in [0.2, 0.25) is 11.8 Å². The first-order valence-electron chi connectivity index (χ1n) is 11.1. The Morgan fingerprint density at radius 2 is 1.79 bits per heavy atom. The lowest BCUT2D eigenvalue weighted by Gasteiger charge is -2.28. The quantitative estimate of drug-likeness (QED) is 0.644. The molecule has 7 heteroatoms. The Labute approximate surface area is 191 Å². The molecule has 7 nitrogen and oxygen atoms in total. The molecule has 2 N–H and O–H groups in total. The molecule has 1 fully saturated rings. The number of amides is 3. The third-order valence-electron chi connectivity index (χ3n) is 6.50. The average Bonchev–Trinajstić information content (AvgIpc) is 3.28. The molecule has 2 aliphatic rings. The minimum absolute atomic E-state index is 0.0872. The van der Waals surface area contributed by atoms with E-state index < -0.39 is 6.04 Å². The molecule has 3 amide bonds. The van der Waals surface area contributed by atoms with Crippen LogP contribution in [-0.2, 0) is 9.59 Å². The van der Waals surface area contributed by atoms with Crippen molar-refractivity contribution in [3.05, 3.63) is 71.8 Å². The smallest absolute Gasteiger partial charge is 0.254 e. The number of benzene rings is 3. The van der Waals surface area contributed by atoms with Gasteiger partial charge in [0.05, 0.1) is 30.8 Å². The summed E-state index contributed by atoms with van der Waals surface area (Å²) in [6, 6.07) is 17.8. The second-order valence-electron chi connectivity index (χ2n) is 8.41. The zero-order valence-electron chi connectivity index (χ0n) is 18.3. The maximum Gasteiger partial charge on any atom is 0.254 e. The fourth-order valence-corrected chi connectivity index (χ4v) is 4.90. The van der Waals surface area contributed by atoms with E-state index in [2.05, 4.69) is 10.6 Å². The summed E-state index contributed by atoms with van der Waals surface area (Å²) in [5.74, 6) is -0.0976. The fraction of sp³-hybridized carbons (Fsp3) is 0.269. The summed E-state index contributed by atoms with van der Waals surface area (Å²) in [6.07, 6.45) is 1.64. The zero-order valence-corrected chi connectivity index (χ0v) is 18.3. The maximum absolute atomic E-state index is 13.4. The number of hydrogen-bond donors (Lipinski definition) is 2. The predicted molar refractivity (Wildman–Crippen MR) is 125 cm³/mol. The summed E-state index contributed by atoms with van der Waals surface area (Å²) in [4.78, 5) is 40.6. The molecule has 0 spiro atoms. The SMILES string of the molecule is COc1ccc(C2CCCN2C(=O)CC2NC(=O)c3ccccc3NC2=O)c2ccccc12. The van der Waals surface area contributed by atoms with Gasteiger partial charge < -0.3 is 20.3 Å². The van der Waals surface area contributed by atoms with Crippen LogP contribution in [0.5, 0.6) is 5.75 Å². The van der Waals surface area contributed by atoms with Gasteiger partial charge in [0, 0.05) is 11.9 Å². The monoisotopic (exact) mass is 443 g/mol. The van der Waals surface area contributed by atoms with Gasteiger partial charge in [0.25, 0.3) is 5.91 Å². The van der Waals surface area contributed by atoms with E-state index in [4.69, 9.17) is 4.74 Å². The standard InChI is InChI=1S/C26H25N3O4/c1-33-23-13-12-17(16-7-2-3-8-18(16)23)22-11-6-14-29(22)24(30)15-21-26(32)27-20-10-5-4-9-19(20)25(31)28-21/h2-5,7-10,12-13,21-22H,6,11,14-15H2,1H3,(H,27,32)(H,28,31). The van der Waals surface area contributed by atoms with Crippen LogP contribution < -0.4 is 15.4 Å². The third-order valence-corrected chi connectivity index (χ3v) is 6.50. The summed E-state index contributed by atoms with van der Waals surface area (Å²) in [7, 11) is 1.65. The minimum Gasteiger partial charge on any atom is -0.496 e. The summed E-state index contributed by atoms with van der Waals surface area (Å²) < 4.78 is 5.52. The predicted octanol–water partition coefficient (Wildman–Crippen LogP) is 3.65. The molecule has 2 unspecified atom stereocenters. The second-order valence-corrected chi connectivity index (χ2v) is 8.41. The molecule has 168 valence electrons. The largest absolute Gasteiger partial charge is 0.496 e. The number of fused-ring (bicyclic) bond motifs is 2. The molecular formula is C26H25N3O4. The Morgan fingerprint density at radius 1 is 1.03 bits per heavy atom. The van der Waals surface area contributed by atoms with Gasteiger partial charge in [-0.25, -0.2) is 0 Å². The van der Waals surface area contributed by atoms with Crippen LogP contribution in [0.15, 0.2) is 60.7 Å². The van der Waals surface area contributed by atoms with Crippen LogP contribution in [0.25, 0.3) is 10.8 Å². The molecular weight excluding hydrogens is 418 g/mol. The third kappa shape index (κ3) is 3.80. The van der Waals surface area contributed by atoms with Gasteiger partial charge in [-0.15, -0.1) is 0 Å². The first-order valence-corrected chi connectivity index (χ1v) is 11.1. The van der Waals surface area contributed by atoms with Gasteiger partial charge in [-0.3, -0.25) is 14.4 Å². The topological polar surface area (TPSA) is 87.7 Å². The Morgan fingerprint density at radius 3 is 2.61 bits per heavy atom. The highest BCUT2D eigenvalue weighted by Gasteiger charge is 2.35. The normalized spacial score (nSPS) is 20.1. The molecule has 0 saturated carbocycles. The average molecular weight is 444 g/mol. The highest BCUT2D eigenvalue weighted by atomic mass is 16.5. The Hall–Kier alpha value is -3.87. The van der Waals surface area contributed by atoms with Crippen LogP contribution in [0.2, 0.25) is 0 Å². The number of nitrogens with zero attached hydrogens (tertiary/aromatic N) is 1. The van der Waals surface area contributed by atoms with Crippen LogP contribution in [0.1, 0.15) is 41.2 Å². The van der Waals surface area contributed by atoms with Crippen LogP contribution in [0.4, 0.5) is 5.69 Å². The number of anilines is 1. The lowest BCUT2D eigenvalue weighted by molar-refractivity contribution is -0.134. The van der Waals surface area contributed by atoms with Crippen LogP contribution >= 0.6 is 0 Å². The summed E-state index contributed by atoms with van der Waals surface area (Å²) in [5, 5.41) is 7.55. The Balaban J connectivity index is 1.39. The number of carbonyl (C=O) groups excluding carboxylic acids is 3. The summed E-state index contributed by atoms with van der Waals surface area (Å²) >= 11 is 0. The van der Waals surface area contributed by atoms with Gasteiger partial charge in [-0.1, -0.05) is 42.5 Å². The lowest BCUT2D eigenvalue weighted by atomic mass is 9.96. The lowest BCUT2D eigenvalue weighted by Crippen LogP contribution is -2.45. The van der Waals surface area contributed by atoms with Crippen LogP contribution in [-0.4, -0.2) is 42.3 Å². The number of ether oxygens (including phenoxy) is 1. The van der Waals surface area contributed by atoms with E-state index in [0.717, 1.165) is 34.9 Å². The number of para-hydroxylation sites is 1. The van der Waals surface area contributed by atoms with Crippen molar-refractivity contribution in [3.63, 3.8) is 0 Å². The van der Waals surface area contributed by atoms with E-state index in [1.54, 1.807) is 31.4 Å². The minimum atomic E-state index is -0.925. The molecule has 5 rings (SSSR count). The van der Waals surface area contributed by atoms with E-state index in [0.29, 0.717) is 17.8 Å². The first-order chi connectivity index (χ1) is 16.1. The van der Waals surface area contributed by atoms with Gasteiger partial charge in [-0.05, 0) is 42.0 Å². The highest BCUT2D eigenvalue weighted by molar-refractivity contribution is 6.10. The highest BCUT2D eigenvalue weighted by Crippen LogP contribution is 2.39. The molecule has 0 bridgehead atoms.